The molecule has 0 fully saturated rings. The van der Waals surface area contributed by atoms with Crippen LogP contribution in [0.15, 0.2) is 93.4 Å². The number of hydrogen-bond acceptors (Lipinski definition) is 12. The first kappa shape index (κ1) is 26.3. The van der Waals surface area contributed by atoms with Gasteiger partial charge < -0.3 is 5.32 Å². The second-order valence-electron chi connectivity index (χ2n) is 9.16. The van der Waals surface area contributed by atoms with Crippen molar-refractivity contribution in [2.45, 2.75) is 39.8 Å². The van der Waals surface area contributed by atoms with Crippen molar-refractivity contribution in [1.82, 2.24) is 24.9 Å². The summed E-state index contributed by atoms with van der Waals surface area (Å²) in [6.07, 6.45) is 11.0. The van der Waals surface area contributed by atoms with Crippen LogP contribution in [0.4, 0.5) is 5.95 Å². The van der Waals surface area contributed by atoms with Gasteiger partial charge >= 0.3 is 0 Å². The lowest BCUT2D eigenvalue weighted by atomic mass is 10.1. The Morgan fingerprint density at radius 1 is 0.900 bits per heavy atom. The van der Waals surface area contributed by atoms with Crippen LogP contribution in [0.1, 0.15) is 28.6 Å². The van der Waals surface area contributed by atoms with Crippen molar-refractivity contribution in [3.05, 3.63) is 96.0 Å². The average molecular weight is 587 g/mol. The van der Waals surface area contributed by atoms with Gasteiger partial charge in [0.05, 0.1) is 16.2 Å². The monoisotopic (exact) mass is 586 g/mol. The predicted octanol–water partition coefficient (Wildman–Crippen LogP) is 3.86. The highest BCUT2D eigenvalue weighted by Crippen LogP contribution is 2.46. The van der Waals surface area contributed by atoms with E-state index in [4.69, 9.17) is 12.2 Å². The maximum absolute atomic E-state index is 12.7. The number of sulfone groups is 1. The van der Waals surface area contributed by atoms with Crippen molar-refractivity contribution < 1.29 is 8.42 Å². The molecule has 3 aromatic heterocycles. The molecule has 10 nitrogen and oxygen atoms in total. The van der Waals surface area contributed by atoms with Gasteiger partial charge in [-0.1, -0.05) is 42.2 Å². The fourth-order valence-electron chi connectivity index (χ4n) is 4.40. The Labute approximate surface area is 240 Å². The predicted molar refractivity (Wildman–Crippen MR) is 158 cm³/mol. The third-order valence-corrected chi connectivity index (χ3v) is 9.52. The van der Waals surface area contributed by atoms with Crippen LogP contribution >= 0.6 is 24.0 Å². The molecule has 2 aliphatic rings. The maximum atomic E-state index is 12.7. The average Bonchev–Trinajstić information content (AvgIpc) is 3.35. The third kappa shape index (κ3) is 5.81. The van der Waals surface area contributed by atoms with Gasteiger partial charge in [0.25, 0.3) is 0 Å². The van der Waals surface area contributed by atoms with Crippen molar-refractivity contribution in [3.8, 4) is 0 Å². The molecule has 0 spiro atoms. The molecule has 2 atom stereocenters. The van der Waals surface area contributed by atoms with E-state index in [1.807, 2.05) is 12.1 Å². The normalized spacial score (nSPS) is 17.6. The highest BCUT2D eigenvalue weighted by atomic mass is 32.2. The Balaban J connectivity index is 1.04. The summed E-state index contributed by atoms with van der Waals surface area (Å²) >= 11 is 7.24. The van der Waals surface area contributed by atoms with Crippen LogP contribution in [0.5, 0.6) is 0 Å². The molecule has 1 aromatic carbocycles. The molecule has 5 heterocycles. The highest BCUT2D eigenvalue weighted by molar-refractivity contribution is 8.01. The molecule has 0 aliphatic carbocycles. The molecule has 0 bridgehead atoms. The highest BCUT2D eigenvalue weighted by Gasteiger charge is 2.39. The first-order valence-electron chi connectivity index (χ1n) is 12.3. The largest absolute Gasteiger partial charge is 0.311 e. The number of aliphatic imine (C=N–C) groups is 2. The van der Waals surface area contributed by atoms with E-state index in [0.29, 0.717) is 18.8 Å². The Morgan fingerprint density at radius 2 is 1.62 bits per heavy atom. The van der Waals surface area contributed by atoms with Crippen LogP contribution in [0.25, 0.3) is 0 Å². The van der Waals surface area contributed by atoms with Crippen molar-refractivity contribution in [2.75, 3.05) is 5.32 Å². The number of pyridine rings is 1. The van der Waals surface area contributed by atoms with Crippen LogP contribution in [0.3, 0.4) is 0 Å². The van der Waals surface area contributed by atoms with E-state index < -0.39 is 9.84 Å². The molecule has 1 N–H and O–H groups in total. The van der Waals surface area contributed by atoms with Crippen LogP contribution in [0, 0.1) is 0 Å². The summed E-state index contributed by atoms with van der Waals surface area (Å²) in [4.78, 5) is 31.4. The molecule has 40 heavy (non-hydrogen) atoms. The molecule has 13 heteroatoms. The number of rotatable bonds is 8. The van der Waals surface area contributed by atoms with E-state index in [1.54, 1.807) is 67.0 Å². The molecule has 2 aliphatic heterocycles. The minimum absolute atomic E-state index is 0.00111. The summed E-state index contributed by atoms with van der Waals surface area (Å²) in [5, 5.41) is 4.20. The smallest absolute Gasteiger partial charge is 0.228 e. The quantitative estimate of drug-likeness (QED) is 0.303. The van der Waals surface area contributed by atoms with Crippen LogP contribution in [-0.2, 0) is 28.4 Å². The molecule has 4 aromatic rings. The number of nitrogens with one attached hydrogen (secondary N) is 1. The second kappa shape index (κ2) is 11.3. The Hall–Kier alpha value is -3.94. The van der Waals surface area contributed by atoms with Crippen molar-refractivity contribution in [1.29, 1.82) is 0 Å². The molecule has 6 rings (SSSR count). The van der Waals surface area contributed by atoms with Crippen LogP contribution < -0.4 is 5.32 Å². The van der Waals surface area contributed by atoms with Crippen molar-refractivity contribution >= 4 is 56.8 Å². The summed E-state index contributed by atoms with van der Waals surface area (Å²) in [6, 6.07) is 12.3. The first-order chi connectivity index (χ1) is 19.4. The summed E-state index contributed by atoms with van der Waals surface area (Å²) in [6.45, 7) is 0. The zero-order valence-corrected chi connectivity index (χ0v) is 23.4. The van der Waals surface area contributed by atoms with Gasteiger partial charge in [-0.15, -0.1) is 0 Å². The summed E-state index contributed by atoms with van der Waals surface area (Å²) in [5.41, 5.74) is 2.91. The van der Waals surface area contributed by atoms with Crippen molar-refractivity contribution in [2.24, 2.45) is 9.98 Å². The summed E-state index contributed by atoms with van der Waals surface area (Å²) in [7, 11) is -3.54. The van der Waals surface area contributed by atoms with Gasteiger partial charge in [0, 0.05) is 54.3 Å². The minimum atomic E-state index is -3.54. The van der Waals surface area contributed by atoms with Crippen LogP contribution in [-0.4, -0.2) is 55.6 Å². The minimum Gasteiger partial charge on any atom is -0.311 e. The summed E-state index contributed by atoms with van der Waals surface area (Å²) in [5.74, 6) is 1.21. The van der Waals surface area contributed by atoms with Gasteiger partial charge in [-0.25, -0.2) is 38.3 Å². The third-order valence-electron chi connectivity index (χ3n) is 6.31. The number of nitrogens with zero attached hydrogens (tertiary/aromatic N) is 7. The van der Waals surface area contributed by atoms with Gasteiger partial charge in [-0.3, -0.25) is 4.99 Å². The number of benzene rings is 1. The molecule has 0 amide bonds. The van der Waals surface area contributed by atoms with Gasteiger partial charge in [0.15, 0.2) is 9.84 Å². The topological polar surface area (TPSA) is 135 Å². The van der Waals surface area contributed by atoms with E-state index >= 15 is 0 Å². The standard InChI is InChI=1S/C27H22N8O2S3/c36-40(37,15-22-28-9-2-10-29-22)20-6-4-17(5-7-20)11-19(38)12-18-13-31-27(32-14-18)35-25-24-23(33-16-34-25)21-3-1-8-30-26(21)39-24/h1-10,13-14,16,23-24H,11-12,15H2,(H,31,32,33,34,35). The fraction of sp³-hybridized carbons (Fsp3) is 0.185. The lowest BCUT2D eigenvalue weighted by Gasteiger charge is -2.20. The van der Waals surface area contributed by atoms with Gasteiger partial charge in [-0.2, -0.15) is 0 Å². The lowest BCUT2D eigenvalue weighted by molar-refractivity contribution is 0.593. The SMILES string of the molecule is O=S(=O)(Cc1ncccn1)c1ccc(CC(=S)Cc2cnc(NC3=NC=NC4c5cccnc5SC34)nc2)cc1. The summed E-state index contributed by atoms with van der Waals surface area (Å²) < 4.78 is 25.4. The molecule has 200 valence electrons. The number of thioether (sulfide) groups is 1. The molecule has 0 saturated heterocycles. The molecular formula is C27H22N8O2S3. The van der Waals surface area contributed by atoms with Gasteiger partial charge in [0.1, 0.15) is 28.8 Å². The second-order valence-corrected chi connectivity index (χ2v) is 12.9. The number of fused-ring (bicyclic) bond motifs is 3. The number of thiocarbonyl (C=S) groups is 1. The maximum Gasteiger partial charge on any atom is 0.228 e. The molecular weight excluding hydrogens is 565 g/mol. The van der Waals surface area contributed by atoms with Gasteiger partial charge in [-0.05, 0) is 35.4 Å². The Kier molecular flexibility index (Phi) is 7.41. The van der Waals surface area contributed by atoms with Gasteiger partial charge in [0.2, 0.25) is 5.95 Å². The number of hydrogen-bond donors (Lipinski definition) is 1. The zero-order valence-electron chi connectivity index (χ0n) is 21.0. The lowest BCUT2D eigenvalue weighted by Crippen LogP contribution is -2.31. The van der Waals surface area contributed by atoms with E-state index in [1.165, 1.54) is 12.4 Å². The van der Waals surface area contributed by atoms with E-state index in [0.717, 1.165) is 32.4 Å². The molecule has 0 radical (unpaired) electrons. The number of aromatic nitrogens is 5. The fourth-order valence-corrected chi connectivity index (χ4v) is 7.20. The first-order valence-corrected chi connectivity index (χ1v) is 15.3. The van der Waals surface area contributed by atoms with Crippen LogP contribution in [0.2, 0.25) is 0 Å². The van der Waals surface area contributed by atoms with E-state index in [2.05, 4.69) is 40.2 Å². The Morgan fingerprint density at radius 3 is 2.40 bits per heavy atom. The van der Waals surface area contributed by atoms with E-state index in [9.17, 15) is 8.42 Å². The number of anilines is 1. The van der Waals surface area contributed by atoms with E-state index in [-0.39, 0.29) is 27.8 Å². The molecule has 0 saturated carbocycles. The molecule has 2 unspecified atom stereocenters. The zero-order chi connectivity index (χ0) is 27.5. The Bertz CT molecular complexity index is 1710. The number of amidine groups is 1. The van der Waals surface area contributed by atoms with Crippen molar-refractivity contribution in [3.63, 3.8) is 0 Å².